The molecule has 2 aromatic rings. The second-order valence-corrected chi connectivity index (χ2v) is 3.70. The van der Waals surface area contributed by atoms with Crippen molar-refractivity contribution in [2.45, 2.75) is 0 Å². The molecule has 0 aliphatic heterocycles. The van der Waals surface area contributed by atoms with Crippen LogP contribution in [-0.4, -0.2) is 26.0 Å². The maximum absolute atomic E-state index is 11.3. The van der Waals surface area contributed by atoms with Gasteiger partial charge in [-0.2, -0.15) is 0 Å². The van der Waals surface area contributed by atoms with Crippen LogP contribution in [0.1, 0.15) is 10.5 Å². The van der Waals surface area contributed by atoms with E-state index in [2.05, 4.69) is 9.97 Å². The smallest absolute Gasteiger partial charge is 0.360 e. The van der Waals surface area contributed by atoms with E-state index in [-0.39, 0.29) is 16.1 Å². The van der Waals surface area contributed by atoms with E-state index >= 15 is 0 Å². The fraction of sp³-hybridized carbons (Fsp3) is 0. The van der Waals surface area contributed by atoms with E-state index in [9.17, 15) is 19.7 Å². The average molecular weight is 270 g/mol. The highest BCUT2D eigenvalue weighted by Gasteiger charge is 2.17. The zero-order valence-electron chi connectivity index (χ0n) is 8.51. The number of H-pyrrole nitrogens is 1. The van der Waals surface area contributed by atoms with Crippen LogP contribution in [0, 0.1) is 10.1 Å². The number of halogens is 1. The van der Waals surface area contributed by atoms with Crippen LogP contribution >= 0.6 is 11.6 Å². The van der Waals surface area contributed by atoms with Gasteiger partial charge < -0.3 is 10.1 Å². The lowest BCUT2D eigenvalue weighted by Gasteiger charge is -2.00. The number of carbonyl (C=O) groups is 1. The maximum Gasteiger partial charge on any atom is 0.360 e. The van der Waals surface area contributed by atoms with Gasteiger partial charge in [0, 0.05) is 6.07 Å². The van der Waals surface area contributed by atoms with Crippen molar-refractivity contribution >= 4 is 34.3 Å². The molecule has 1 aromatic carbocycles. The maximum atomic E-state index is 11.3. The summed E-state index contributed by atoms with van der Waals surface area (Å²) in [5.41, 5.74) is -1.94. The summed E-state index contributed by atoms with van der Waals surface area (Å²) in [5.74, 6) is -1.49. The van der Waals surface area contributed by atoms with Crippen molar-refractivity contribution in [3.05, 3.63) is 43.3 Å². The number of hydrogen-bond acceptors (Lipinski definition) is 5. The van der Waals surface area contributed by atoms with Gasteiger partial charge in [0.2, 0.25) is 5.69 Å². The predicted octanol–water partition coefficient (Wildman–Crippen LogP) is 1.18. The number of carboxylic acid groups (broad SMARTS) is 1. The molecule has 0 amide bonds. The van der Waals surface area contributed by atoms with E-state index in [0.717, 1.165) is 12.1 Å². The zero-order valence-corrected chi connectivity index (χ0v) is 9.26. The Bertz CT molecular complexity index is 739. The van der Waals surface area contributed by atoms with Gasteiger partial charge in [0.15, 0.2) is 0 Å². The summed E-state index contributed by atoms with van der Waals surface area (Å²) in [7, 11) is 0. The van der Waals surface area contributed by atoms with Crippen molar-refractivity contribution in [1.82, 2.24) is 9.97 Å². The SMILES string of the molecule is O=C(O)c1nc2cc(Cl)c([N+](=O)[O-])cc2[nH]c1=O. The normalized spacial score (nSPS) is 10.5. The summed E-state index contributed by atoms with van der Waals surface area (Å²) in [6.07, 6.45) is 0. The molecular weight excluding hydrogens is 266 g/mol. The summed E-state index contributed by atoms with van der Waals surface area (Å²) in [4.78, 5) is 37.7. The highest BCUT2D eigenvalue weighted by atomic mass is 35.5. The second-order valence-electron chi connectivity index (χ2n) is 3.30. The van der Waals surface area contributed by atoms with E-state index in [1.165, 1.54) is 0 Å². The zero-order chi connectivity index (χ0) is 13.4. The summed E-state index contributed by atoms with van der Waals surface area (Å²) in [6.45, 7) is 0. The fourth-order valence-electron chi connectivity index (χ4n) is 1.38. The molecule has 9 heteroatoms. The van der Waals surface area contributed by atoms with Crippen LogP contribution in [0.3, 0.4) is 0 Å². The molecule has 0 fully saturated rings. The number of benzene rings is 1. The van der Waals surface area contributed by atoms with Gasteiger partial charge in [0.1, 0.15) is 5.02 Å². The molecule has 8 nitrogen and oxygen atoms in total. The van der Waals surface area contributed by atoms with E-state index < -0.39 is 27.8 Å². The Morgan fingerprint density at radius 2 is 2.17 bits per heavy atom. The Kier molecular flexibility index (Phi) is 2.71. The molecule has 0 saturated heterocycles. The third-order valence-corrected chi connectivity index (χ3v) is 2.46. The number of aromatic amines is 1. The quantitative estimate of drug-likeness (QED) is 0.622. The first-order valence-corrected chi connectivity index (χ1v) is 4.89. The Morgan fingerprint density at radius 3 is 2.72 bits per heavy atom. The van der Waals surface area contributed by atoms with Gasteiger partial charge in [-0.25, -0.2) is 9.78 Å². The van der Waals surface area contributed by atoms with Crippen LogP contribution in [0.4, 0.5) is 5.69 Å². The van der Waals surface area contributed by atoms with Crippen LogP contribution in [0.5, 0.6) is 0 Å². The van der Waals surface area contributed by atoms with Crippen LogP contribution in [-0.2, 0) is 0 Å². The number of rotatable bonds is 2. The fourth-order valence-corrected chi connectivity index (χ4v) is 1.61. The molecule has 92 valence electrons. The standard InChI is InChI=1S/C9H4ClN3O5/c10-3-1-4-5(2-6(3)13(17)18)12-8(14)7(11-4)9(15)16/h1-2H,(H,12,14)(H,15,16). The minimum Gasteiger partial charge on any atom is -0.476 e. The molecule has 0 spiro atoms. The van der Waals surface area contributed by atoms with Crippen molar-refractivity contribution in [1.29, 1.82) is 0 Å². The molecule has 0 unspecified atom stereocenters. The lowest BCUT2D eigenvalue weighted by Crippen LogP contribution is -2.19. The largest absolute Gasteiger partial charge is 0.476 e. The Balaban J connectivity index is 2.82. The first-order valence-electron chi connectivity index (χ1n) is 4.51. The molecule has 1 aromatic heterocycles. The number of nitro benzene ring substituents is 1. The van der Waals surface area contributed by atoms with Crippen molar-refractivity contribution in [2.75, 3.05) is 0 Å². The van der Waals surface area contributed by atoms with Crippen molar-refractivity contribution in [3.8, 4) is 0 Å². The molecule has 0 atom stereocenters. The number of nitro groups is 1. The molecule has 0 saturated carbocycles. The van der Waals surface area contributed by atoms with E-state index in [0.29, 0.717) is 0 Å². The third-order valence-electron chi connectivity index (χ3n) is 2.16. The highest BCUT2D eigenvalue weighted by Crippen LogP contribution is 2.27. The molecule has 2 N–H and O–H groups in total. The first kappa shape index (κ1) is 12.0. The first-order chi connectivity index (χ1) is 8.40. The minimum atomic E-state index is -1.49. The molecule has 0 aliphatic carbocycles. The topological polar surface area (TPSA) is 126 Å². The Hall–Kier alpha value is -2.48. The van der Waals surface area contributed by atoms with Gasteiger partial charge in [0.05, 0.1) is 16.0 Å². The molecule has 0 bridgehead atoms. The number of aromatic carboxylic acids is 1. The van der Waals surface area contributed by atoms with Gasteiger partial charge in [0.25, 0.3) is 11.2 Å². The second kappa shape index (κ2) is 4.08. The molecule has 0 aliphatic rings. The number of aromatic nitrogens is 2. The molecule has 18 heavy (non-hydrogen) atoms. The number of nitrogens with zero attached hydrogens (tertiary/aromatic N) is 2. The Morgan fingerprint density at radius 1 is 1.50 bits per heavy atom. The van der Waals surface area contributed by atoms with Gasteiger partial charge in [-0.15, -0.1) is 0 Å². The van der Waals surface area contributed by atoms with Crippen LogP contribution in [0.15, 0.2) is 16.9 Å². The molecule has 0 radical (unpaired) electrons. The van der Waals surface area contributed by atoms with Crippen LogP contribution < -0.4 is 5.56 Å². The number of fused-ring (bicyclic) bond motifs is 1. The van der Waals surface area contributed by atoms with Gasteiger partial charge in [-0.3, -0.25) is 14.9 Å². The van der Waals surface area contributed by atoms with Crippen molar-refractivity contribution in [3.63, 3.8) is 0 Å². The summed E-state index contributed by atoms with van der Waals surface area (Å²) in [5, 5.41) is 19.2. The average Bonchev–Trinajstić information content (AvgIpc) is 2.27. The van der Waals surface area contributed by atoms with Crippen LogP contribution in [0.25, 0.3) is 11.0 Å². The van der Waals surface area contributed by atoms with Gasteiger partial charge in [-0.1, -0.05) is 11.6 Å². The third kappa shape index (κ3) is 1.89. The van der Waals surface area contributed by atoms with Crippen LogP contribution in [0.2, 0.25) is 5.02 Å². The number of nitrogens with one attached hydrogen (secondary N) is 1. The van der Waals surface area contributed by atoms with Crippen molar-refractivity contribution < 1.29 is 14.8 Å². The highest BCUT2D eigenvalue weighted by molar-refractivity contribution is 6.33. The van der Waals surface area contributed by atoms with Gasteiger partial charge in [-0.05, 0) is 6.07 Å². The predicted molar refractivity (Wildman–Crippen MR) is 61.0 cm³/mol. The van der Waals surface area contributed by atoms with E-state index in [1.54, 1.807) is 0 Å². The monoisotopic (exact) mass is 269 g/mol. The summed E-state index contributed by atoms with van der Waals surface area (Å²) >= 11 is 5.65. The van der Waals surface area contributed by atoms with E-state index in [1.807, 2.05) is 0 Å². The van der Waals surface area contributed by atoms with Crippen molar-refractivity contribution in [2.24, 2.45) is 0 Å². The number of hydrogen-bond donors (Lipinski definition) is 2. The number of carboxylic acids is 1. The summed E-state index contributed by atoms with van der Waals surface area (Å²) in [6, 6.07) is 2.15. The summed E-state index contributed by atoms with van der Waals surface area (Å²) < 4.78 is 0. The molecular formula is C9H4ClN3O5. The Labute approximate surface area is 103 Å². The molecule has 2 rings (SSSR count). The minimum absolute atomic E-state index is 0.0427. The lowest BCUT2D eigenvalue weighted by atomic mass is 10.2. The van der Waals surface area contributed by atoms with E-state index in [4.69, 9.17) is 16.7 Å². The molecule has 1 heterocycles. The van der Waals surface area contributed by atoms with Gasteiger partial charge >= 0.3 is 5.97 Å². The lowest BCUT2D eigenvalue weighted by molar-refractivity contribution is -0.384.